The molecular weight excluding hydrogens is 671 g/mol. The molecule has 0 amide bonds. The van der Waals surface area contributed by atoms with Crippen molar-refractivity contribution in [3.8, 4) is 22.3 Å². The Labute approximate surface area is 329 Å². The maximum absolute atomic E-state index is 6.06. The Kier molecular flexibility index (Phi) is 11.6. The highest BCUT2D eigenvalue weighted by Gasteiger charge is 2.44. The second kappa shape index (κ2) is 15.6. The lowest BCUT2D eigenvalue weighted by molar-refractivity contribution is -0.00471. The number of ether oxygens (including phenoxy) is 1. The minimum Gasteiger partial charge on any atom is -0.376 e. The van der Waals surface area contributed by atoms with Crippen molar-refractivity contribution in [3.63, 3.8) is 0 Å². The van der Waals surface area contributed by atoms with Crippen molar-refractivity contribution < 1.29 is 4.74 Å². The van der Waals surface area contributed by atoms with Crippen LogP contribution in [0, 0.1) is 0 Å². The van der Waals surface area contributed by atoms with E-state index in [0.717, 1.165) is 13.0 Å². The Morgan fingerprint density at radius 2 is 1.06 bits per heavy atom. The molecule has 3 unspecified atom stereocenters. The van der Waals surface area contributed by atoms with Gasteiger partial charge in [0, 0.05) is 18.2 Å². The smallest absolute Gasteiger partial charge is 0.134 e. The number of benzene rings is 4. The molecule has 2 nitrogen and oxygen atoms in total. The van der Waals surface area contributed by atoms with E-state index in [0.29, 0.717) is 5.54 Å². The lowest BCUT2D eigenvalue weighted by Crippen LogP contribution is -2.54. The fraction of sp³-hybridized carbons (Fsp3) is 0.451. The van der Waals surface area contributed by atoms with Gasteiger partial charge in [-0.3, -0.25) is 0 Å². The van der Waals surface area contributed by atoms with Crippen LogP contribution in [0.15, 0.2) is 96.1 Å². The molecule has 54 heavy (non-hydrogen) atoms. The van der Waals surface area contributed by atoms with Crippen LogP contribution in [0.3, 0.4) is 0 Å². The summed E-state index contributed by atoms with van der Waals surface area (Å²) < 4.78 is 6.06. The van der Waals surface area contributed by atoms with Crippen molar-refractivity contribution in [3.05, 3.63) is 129 Å². The number of hydrogen-bond acceptors (Lipinski definition) is 2. The zero-order chi connectivity index (χ0) is 39.1. The van der Waals surface area contributed by atoms with Gasteiger partial charge >= 0.3 is 0 Å². The first-order valence-corrected chi connectivity index (χ1v) is 23.4. The first kappa shape index (κ1) is 40.2. The predicted molar refractivity (Wildman–Crippen MR) is 238 cm³/mol. The number of nitrogens with one attached hydrogen (secondary N) is 1. The van der Waals surface area contributed by atoms with Crippen LogP contribution in [0.2, 0.25) is 12.6 Å². The monoisotopic (exact) mass is 737 g/mol. The van der Waals surface area contributed by atoms with Gasteiger partial charge in [-0.2, -0.15) is 0 Å². The van der Waals surface area contributed by atoms with Crippen LogP contribution >= 0.6 is 0 Å². The quantitative estimate of drug-likeness (QED) is 0.115. The molecule has 0 aliphatic heterocycles. The van der Waals surface area contributed by atoms with Gasteiger partial charge in [-0.15, -0.1) is 0 Å². The van der Waals surface area contributed by atoms with Crippen LogP contribution in [0.1, 0.15) is 147 Å². The minimum atomic E-state index is -2.18. The second-order valence-corrected chi connectivity index (χ2v) is 23.8. The Morgan fingerprint density at radius 1 is 0.574 bits per heavy atom. The Morgan fingerprint density at radius 3 is 1.57 bits per heavy atom. The molecule has 1 N–H and O–H groups in total. The van der Waals surface area contributed by atoms with Gasteiger partial charge in [0.05, 0.1) is 5.60 Å². The zero-order valence-electron chi connectivity index (χ0n) is 35.5. The molecule has 0 radical (unpaired) electrons. The average Bonchev–Trinajstić information content (AvgIpc) is 3.61. The van der Waals surface area contributed by atoms with Crippen molar-refractivity contribution in [2.45, 2.75) is 142 Å². The van der Waals surface area contributed by atoms with Crippen LogP contribution < -0.4 is 4.98 Å². The third kappa shape index (κ3) is 8.80. The summed E-state index contributed by atoms with van der Waals surface area (Å²) in [6.45, 7) is 28.5. The largest absolute Gasteiger partial charge is 0.376 e. The summed E-state index contributed by atoms with van der Waals surface area (Å²) in [4.78, 5) is 4.53. The molecule has 0 spiro atoms. The number of fused-ring (bicyclic) bond motifs is 2. The van der Waals surface area contributed by atoms with Gasteiger partial charge in [-0.1, -0.05) is 176 Å². The summed E-state index contributed by atoms with van der Waals surface area (Å²) in [6.07, 6.45) is 9.81. The van der Waals surface area contributed by atoms with E-state index in [1.165, 1.54) is 92.1 Å². The number of allylic oxidation sites excluding steroid dienone is 1. The van der Waals surface area contributed by atoms with Crippen molar-refractivity contribution in [2.75, 3.05) is 6.61 Å². The topological polar surface area (TPSA) is 21.3 Å². The number of hydrogen-bond donors (Lipinski definition) is 1. The van der Waals surface area contributed by atoms with Gasteiger partial charge in [0.1, 0.15) is 8.24 Å². The van der Waals surface area contributed by atoms with Gasteiger partial charge in [0.25, 0.3) is 0 Å². The highest BCUT2D eigenvalue weighted by atomic mass is 28.3. The fourth-order valence-corrected chi connectivity index (χ4v) is 13.6. The van der Waals surface area contributed by atoms with Crippen molar-refractivity contribution in [1.82, 2.24) is 4.98 Å². The van der Waals surface area contributed by atoms with E-state index in [4.69, 9.17) is 4.74 Å². The summed E-state index contributed by atoms with van der Waals surface area (Å²) in [7, 11) is -2.18. The first-order chi connectivity index (χ1) is 25.4. The maximum atomic E-state index is 6.06. The molecule has 4 aromatic rings. The van der Waals surface area contributed by atoms with E-state index in [1.807, 2.05) is 0 Å². The molecule has 0 fully saturated rings. The molecule has 6 rings (SSSR count). The molecular formula is C51H67NOSi. The summed E-state index contributed by atoms with van der Waals surface area (Å²) in [5.74, 6) is 0. The van der Waals surface area contributed by atoms with Crippen LogP contribution in [0.5, 0.6) is 0 Å². The molecule has 0 saturated heterocycles. The van der Waals surface area contributed by atoms with Gasteiger partial charge in [0.2, 0.25) is 0 Å². The molecule has 3 heteroatoms. The lowest BCUT2D eigenvalue weighted by Gasteiger charge is -2.40. The molecule has 0 bridgehead atoms. The molecule has 2 aliphatic carbocycles. The Hall–Kier alpha value is -3.50. The third-order valence-corrected chi connectivity index (χ3v) is 16.3. The van der Waals surface area contributed by atoms with Crippen LogP contribution in [-0.2, 0) is 15.6 Å². The first-order valence-electron chi connectivity index (χ1n) is 20.6. The Bertz CT molecular complexity index is 2000. The number of unbranched alkanes of at least 4 members (excludes halogenated alkanes) is 3. The van der Waals surface area contributed by atoms with Crippen molar-refractivity contribution >= 4 is 20.4 Å². The van der Waals surface area contributed by atoms with Gasteiger partial charge in [-0.25, -0.2) is 0 Å². The van der Waals surface area contributed by atoms with Crippen LogP contribution in [0.4, 0.5) is 0 Å². The summed E-state index contributed by atoms with van der Waals surface area (Å²) in [6, 6.07) is 34.1. The van der Waals surface area contributed by atoms with E-state index in [-0.39, 0.29) is 22.5 Å². The number of rotatable bonds is 12. The predicted octanol–water partition coefficient (Wildman–Crippen LogP) is 14.4. The SMILES string of the molecule is CC1=Cc2c(-c3ccc(C(C)(C)C)cc3)cccc2C1N[Si](C)(CCCCCCOC(C)(C)C)C1C(C)=Cc2c(-c3ccc(C(C)(C)C)cc3)cccc21. The molecule has 0 saturated carbocycles. The van der Waals surface area contributed by atoms with E-state index in [1.54, 1.807) is 0 Å². The van der Waals surface area contributed by atoms with Crippen LogP contribution in [0.25, 0.3) is 34.4 Å². The molecule has 3 atom stereocenters. The molecule has 0 heterocycles. The zero-order valence-corrected chi connectivity index (χ0v) is 36.5. The van der Waals surface area contributed by atoms with E-state index < -0.39 is 8.24 Å². The summed E-state index contributed by atoms with van der Waals surface area (Å²) >= 11 is 0. The molecule has 286 valence electrons. The average molecular weight is 738 g/mol. The van der Waals surface area contributed by atoms with Crippen LogP contribution in [-0.4, -0.2) is 20.4 Å². The maximum Gasteiger partial charge on any atom is 0.134 e. The molecule has 0 aromatic heterocycles. The van der Waals surface area contributed by atoms with Crippen molar-refractivity contribution in [1.29, 1.82) is 0 Å². The standard InChI is InChI=1S/C51H67NOSi/c1-35-33-45-41(37-23-27-39(28-24-37)49(3,4)5)19-17-21-43(45)47(35)52-54(12,32-16-14-13-15-31-53-51(9,10)11)48-36(2)34-46-42(20-18-22-44(46)48)38-25-29-40(30-26-38)50(6,7)8/h17-30,33-34,47-48,52H,13-16,31-32H2,1-12H3. The lowest BCUT2D eigenvalue weighted by atomic mass is 9.86. The normalized spacial score (nSPS) is 18.2. The van der Waals surface area contributed by atoms with E-state index in [2.05, 4.69) is 185 Å². The molecule has 4 aromatic carbocycles. The summed E-state index contributed by atoms with van der Waals surface area (Å²) in [5.41, 5.74) is 17.3. The van der Waals surface area contributed by atoms with E-state index >= 15 is 0 Å². The van der Waals surface area contributed by atoms with Gasteiger partial charge in [0.15, 0.2) is 0 Å². The highest BCUT2D eigenvalue weighted by molar-refractivity contribution is 6.78. The minimum absolute atomic E-state index is 0.0681. The highest BCUT2D eigenvalue weighted by Crippen LogP contribution is 2.49. The molecule has 2 aliphatic rings. The van der Waals surface area contributed by atoms with Gasteiger partial charge < -0.3 is 9.72 Å². The second-order valence-electron chi connectivity index (χ2n) is 19.6. The van der Waals surface area contributed by atoms with Crippen molar-refractivity contribution in [2.24, 2.45) is 0 Å². The Balaban J connectivity index is 1.32. The third-order valence-electron chi connectivity index (χ3n) is 11.9. The van der Waals surface area contributed by atoms with E-state index in [9.17, 15) is 0 Å². The van der Waals surface area contributed by atoms with Gasteiger partial charge in [-0.05, 0) is 114 Å². The summed E-state index contributed by atoms with van der Waals surface area (Å²) in [5, 5.41) is 0. The fourth-order valence-electron chi connectivity index (χ4n) is 8.90.